The Hall–Kier alpha value is -0.780. The summed E-state index contributed by atoms with van der Waals surface area (Å²) in [6.07, 6.45) is 8.48. The molecule has 0 bridgehead atoms. The molecule has 9 heavy (non-hydrogen) atoms. The van der Waals surface area contributed by atoms with Gasteiger partial charge in [-0.1, -0.05) is 31.4 Å². The zero-order valence-electron chi connectivity index (χ0n) is 5.64. The summed E-state index contributed by atoms with van der Waals surface area (Å²) in [5.74, 6) is 0.806. The first-order valence-corrected chi connectivity index (χ1v) is 3.33. The number of hydrogen-bond acceptors (Lipinski definition) is 0. The molecule has 1 rings (SSSR count). The molecule has 0 aromatic carbocycles. The van der Waals surface area contributed by atoms with E-state index in [9.17, 15) is 0 Å². The van der Waals surface area contributed by atoms with Gasteiger partial charge >= 0.3 is 0 Å². The maximum Gasteiger partial charge on any atom is -0.0162 e. The van der Waals surface area contributed by atoms with Gasteiger partial charge in [0.25, 0.3) is 0 Å². The average molecular weight is 120 g/mol. The molecule has 0 aromatic heterocycles. The fourth-order valence-corrected chi connectivity index (χ4v) is 0.924. The lowest BCUT2D eigenvalue weighted by Gasteiger charge is -1.92. The van der Waals surface area contributed by atoms with Crippen LogP contribution in [0.4, 0.5) is 0 Å². The molecule has 1 fully saturated rings. The first-order chi connectivity index (χ1) is 4.38. The predicted octanol–water partition coefficient (Wildman–Crippen LogP) is 2.69. The van der Waals surface area contributed by atoms with E-state index in [0.29, 0.717) is 0 Å². The molecule has 1 aliphatic carbocycles. The molecule has 0 heteroatoms. The first kappa shape index (κ1) is 6.34. The van der Waals surface area contributed by atoms with Crippen molar-refractivity contribution in [1.82, 2.24) is 0 Å². The highest BCUT2D eigenvalue weighted by atomic mass is 14.3. The van der Waals surface area contributed by atoms with Gasteiger partial charge < -0.3 is 0 Å². The van der Waals surface area contributed by atoms with Gasteiger partial charge in [0.15, 0.2) is 0 Å². The van der Waals surface area contributed by atoms with Gasteiger partial charge in [-0.3, -0.25) is 0 Å². The van der Waals surface area contributed by atoms with Crippen molar-refractivity contribution in [2.45, 2.75) is 12.8 Å². The van der Waals surface area contributed by atoms with Crippen molar-refractivity contribution < 1.29 is 0 Å². The van der Waals surface area contributed by atoms with Crippen molar-refractivity contribution in [2.24, 2.45) is 5.92 Å². The normalized spacial score (nSPS) is 19.3. The summed E-state index contributed by atoms with van der Waals surface area (Å²) >= 11 is 0. The van der Waals surface area contributed by atoms with Crippen LogP contribution in [-0.2, 0) is 0 Å². The minimum Gasteiger partial charge on any atom is -0.0991 e. The van der Waals surface area contributed by atoms with E-state index in [0.717, 1.165) is 5.92 Å². The second kappa shape index (κ2) is 2.67. The highest BCUT2D eigenvalue weighted by molar-refractivity contribution is 5.26. The Morgan fingerprint density at radius 1 is 1.33 bits per heavy atom. The summed E-state index contributed by atoms with van der Waals surface area (Å²) in [6, 6.07) is 0. The smallest absolute Gasteiger partial charge is 0.0162 e. The third kappa shape index (κ3) is 1.56. The molecule has 0 spiro atoms. The van der Waals surface area contributed by atoms with E-state index < -0.39 is 0 Å². The number of hydrogen-bond donors (Lipinski definition) is 0. The predicted molar refractivity (Wildman–Crippen MR) is 41.2 cm³/mol. The minimum absolute atomic E-state index is 0.806. The lowest BCUT2D eigenvalue weighted by atomic mass is 10.1. The third-order valence-corrected chi connectivity index (χ3v) is 1.59. The second-order valence-electron chi connectivity index (χ2n) is 2.38. The standard InChI is InChI=1S/C9H12/c1-3-5-8(4-2)9-6-7-9/h3-5,9H,1-2,6-7H2/b8-5+. The minimum atomic E-state index is 0.806. The fraction of sp³-hybridized carbons (Fsp3) is 0.333. The average Bonchev–Trinajstić information content (AvgIpc) is 2.64. The van der Waals surface area contributed by atoms with Crippen LogP contribution in [0.25, 0.3) is 0 Å². The molecular weight excluding hydrogens is 108 g/mol. The molecule has 0 heterocycles. The maximum absolute atomic E-state index is 3.72. The molecule has 0 unspecified atom stereocenters. The summed E-state index contributed by atoms with van der Waals surface area (Å²) in [7, 11) is 0. The monoisotopic (exact) mass is 120 g/mol. The van der Waals surface area contributed by atoms with Gasteiger partial charge in [0, 0.05) is 0 Å². The third-order valence-electron chi connectivity index (χ3n) is 1.59. The summed E-state index contributed by atoms with van der Waals surface area (Å²) in [4.78, 5) is 0. The molecule has 0 atom stereocenters. The van der Waals surface area contributed by atoms with Crippen molar-refractivity contribution in [3.8, 4) is 0 Å². The lowest BCUT2D eigenvalue weighted by molar-refractivity contribution is 1.05. The van der Waals surface area contributed by atoms with Crippen LogP contribution < -0.4 is 0 Å². The topological polar surface area (TPSA) is 0 Å². The van der Waals surface area contributed by atoms with Crippen LogP contribution in [0.5, 0.6) is 0 Å². The van der Waals surface area contributed by atoms with Crippen LogP contribution in [0, 0.1) is 5.92 Å². The van der Waals surface area contributed by atoms with E-state index in [1.165, 1.54) is 18.4 Å². The van der Waals surface area contributed by atoms with E-state index in [-0.39, 0.29) is 0 Å². The van der Waals surface area contributed by atoms with Crippen molar-refractivity contribution in [3.05, 3.63) is 37.0 Å². The van der Waals surface area contributed by atoms with Gasteiger partial charge in [-0.25, -0.2) is 0 Å². The van der Waals surface area contributed by atoms with Crippen molar-refractivity contribution in [3.63, 3.8) is 0 Å². The molecule has 0 aromatic rings. The molecule has 0 aliphatic heterocycles. The Kier molecular flexibility index (Phi) is 1.88. The van der Waals surface area contributed by atoms with Gasteiger partial charge in [-0.2, -0.15) is 0 Å². The van der Waals surface area contributed by atoms with Crippen LogP contribution in [0.2, 0.25) is 0 Å². The second-order valence-corrected chi connectivity index (χ2v) is 2.38. The van der Waals surface area contributed by atoms with Crippen LogP contribution in [0.1, 0.15) is 12.8 Å². The van der Waals surface area contributed by atoms with Crippen LogP contribution in [0.15, 0.2) is 37.0 Å². The lowest BCUT2D eigenvalue weighted by Crippen LogP contribution is -1.76. The molecule has 1 aliphatic rings. The molecule has 1 saturated carbocycles. The summed E-state index contributed by atoms with van der Waals surface area (Å²) in [6.45, 7) is 7.36. The Morgan fingerprint density at radius 2 is 2.00 bits per heavy atom. The Balaban J connectivity index is 2.56. The van der Waals surface area contributed by atoms with Gasteiger partial charge in [0.1, 0.15) is 0 Å². The van der Waals surface area contributed by atoms with Crippen LogP contribution in [-0.4, -0.2) is 0 Å². The Labute approximate surface area is 56.6 Å². The number of allylic oxidation sites excluding steroid dienone is 4. The molecule has 48 valence electrons. The first-order valence-electron chi connectivity index (χ1n) is 3.33. The highest BCUT2D eigenvalue weighted by Crippen LogP contribution is 2.36. The van der Waals surface area contributed by atoms with Crippen LogP contribution in [0.3, 0.4) is 0 Å². The van der Waals surface area contributed by atoms with E-state index in [1.54, 1.807) is 0 Å². The SMILES string of the molecule is C=C/C=C(\C=C)C1CC1. The fourth-order valence-electron chi connectivity index (χ4n) is 0.924. The quantitative estimate of drug-likeness (QED) is 0.502. The van der Waals surface area contributed by atoms with Gasteiger partial charge in [0.2, 0.25) is 0 Å². The summed E-state index contributed by atoms with van der Waals surface area (Å²) < 4.78 is 0. The van der Waals surface area contributed by atoms with E-state index in [4.69, 9.17) is 0 Å². The van der Waals surface area contributed by atoms with Gasteiger partial charge in [-0.15, -0.1) is 0 Å². The molecule has 0 N–H and O–H groups in total. The molecule has 0 nitrogen and oxygen atoms in total. The zero-order chi connectivity index (χ0) is 6.69. The van der Waals surface area contributed by atoms with E-state index in [2.05, 4.69) is 13.2 Å². The van der Waals surface area contributed by atoms with Crippen molar-refractivity contribution >= 4 is 0 Å². The Morgan fingerprint density at radius 3 is 2.33 bits per heavy atom. The molecule has 0 radical (unpaired) electrons. The Bertz CT molecular complexity index is 147. The zero-order valence-corrected chi connectivity index (χ0v) is 5.64. The van der Waals surface area contributed by atoms with Crippen molar-refractivity contribution in [1.29, 1.82) is 0 Å². The van der Waals surface area contributed by atoms with Gasteiger partial charge in [0.05, 0.1) is 0 Å². The largest absolute Gasteiger partial charge is 0.0991 e. The molecule has 0 saturated heterocycles. The van der Waals surface area contributed by atoms with Crippen LogP contribution >= 0.6 is 0 Å². The number of rotatable bonds is 3. The maximum atomic E-state index is 3.72. The highest BCUT2D eigenvalue weighted by Gasteiger charge is 2.23. The summed E-state index contributed by atoms with van der Waals surface area (Å²) in [5, 5.41) is 0. The van der Waals surface area contributed by atoms with E-state index in [1.807, 2.05) is 18.2 Å². The van der Waals surface area contributed by atoms with Crippen molar-refractivity contribution in [2.75, 3.05) is 0 Å². The summed E-state index contributed by atoms with van der Waals surface area (Å²) in [5.41, 5.74) is 1.35. The van der Waals surface area contributed by atoms with Gasteiger partial charge in [-0.05, 0) is 24.3 Å². The molecular formula is C9H12. The van der Waals surface area contributed by atoms with E-state index >= 15 is 0 Å². The molecule has 0 amide bonds.